The van der Waals surface area contributed by atoms with Crippen LogP contribution in [0.15, 0.2) is 188 Å². The van der Waals surface area contributed by atoms with Crippen LogP contribution in [-0.2, 0) is 0 Å². The zero-order valence-corrected chi connectivity index (χ0v) is 65.1. The van der Waals surface area contributed by atoms with E-state index in [4.69, 9.17) is 98.0 Å². The molecule has 0 bridgehead atoms. The van der Waals surface area contributed by atoms with E-state index in [1.54, 1.807) is 166 Å². The van der Waals surface area contributed by atoms with Crippen LogP contribution in [0.4, 0.5) is 22.7 Å². The second-order valence-corrected chi connectivity index (χ2v) is 36.6. The molecule has 2 aromatic heterocycles. The molecule has 10 aromatic rings. The molecule has 0 saturated heterocycles. The average molecular weight is 1560 g/mol. The Hall–Kier alpha value is -7.33. The van der Waals surface area contributed by atoms with E-state index in [1.165, 1.54) is 40.0 Å². The molecule has 0 spiro atoms. The SMILES string of the molecule is C[Si](C)(C)N(c1c[c-]ccc1)[Si](C)(C)C.Cc1cc(C(=O)O)n(-c2cccc(C#N)c2)n1.NCC1CC1.Nc1cccc(C(O)c2ccc(Cl)cc2Cl)c1.O=Cc1ccc(Cl)cc1Cl.[Br-].[C-]#[N+]c1cccc(-n2nc(C)cc2C(=O)Nc2cccc(C(O)c3ccc(Cl)cc3Cl)c2)c1.[Mg+2]. The fourth-order valence-electron chi connectivity index (χ4n) is 9.88. The van der Waals surface area contributed by atoms with E-state index in [1.807, 2.05) is 12.1 Å². The first-order valence-corrected chi connectivity index (χ1v) is 39.4. The predicted molar refractivity (Wildman–Crippen MR) is 405 cm³/mol. The summed E-state index contributed by atoms with van der Waals surface area (Å²) in [6, 6.07) is 58.9. The number of aldehydes is 1. The molecule has 0 aliphatic heterocycles. The molecule has 2 heterocycles. The summed E-state index contributed by atoms with van der Waals surface area (Å²) < 4.78 is 5.53. The number of carbonyl (C=O) groups excluding carboxylic acids is 2. The number of nitrogens with two attached hydrogens (primary N) is 2. The molecule has 1 aliphatic carbocycles. The Kier molecular flexibility index (Phi) is 33.6. The standard InChI is InChI=1S/C25H18Cl2N4O2.C13H11Cl2NO.C12H9N3O2.C12H22NSi2.C7H4Cl2O.C4H9N.BrH.Mg/c1-15-11-23(31(30-15)20-8-4-6-18(14-20)28-2)25(33)29-19-7-3-5-16(12-19)24(32)21-10-9-17(26)13-22(21)27;14-9-4-5-11(12(15)7-9)13(17)8-2-1-3-10(16)6-8;1-8-5-11(12(16)17)15(14-8)10-4-2-3-9(6-10)7-13;1-14(2,3)13(15(4,5)6)12-10-8-7-9-11-12;8-6-2-1-5(4-10)7(9)3-6;5-3-4-1-2-4;;/h3-14,24,32H,1H3,(H,29,33);1-7,13,17H,16H2;2-6H,1H3,(H,16,17);7-8,10-11H,1-6H3;1-4H;4H,1-3,5H2;1H;/q;;;-1;;;;+2/p-1. The largest absolute Gasteiger partial charge is 2.00 e. The van der Waals surface area contributed by atoms with Crippen molar-refractivity contribution in [3.05, 3.63) is 292 Å². The number of nitrogens with zero attached hydrogens (tertiary/aromatic N) is 7. The van der Waals surface area contributed by atoms with E-state index < -0.39 is 34.6 Å². The van der Waals surface area contributed by atoms with Gasteiger partial charge in [0.25, 0.3) is 5.91 Å². The van der Waals surface area contributed by atoms with Gasteiger partial charge in [0.15, 0.2) is 17.7 Å². The van der Waals surface area contributed by atoms with Crippen molar-refractivity contribution in [1.29, 1.82) is 5.26 Å². The first-order chi connectivity index (χ1) is 45.9. The van der Waals surface area contributed by atoms with Gasteiger partial charge in [-0.05, 0) is 159 Å². The van der Waals surface area contributed by atoms with Gasteiger partial charge >= 0.3 is 29.0 Å². The van der Waals surface area contributed by atoms with E-state index in [-0.39, 0.29) is 51.6 Å². The molecule has 26 heteroatoms. The second-order valence-electron chi connectivity index (χ2n) is 24.1. The average Bonchev–Trinajstić information content (AvgIpc) is 1.30. The van der Waals surface area contributed by atoms with Crippen molar-refractivity contribution in [3.8, 4) is 17.4 Å². The first-order valence-electron chi connectivity index (χ1n) is 30.2. The third kappa shape index (κ3) is 25.7. The summed E-state index contributed by atoms with van der Waals surface area (Å²) in [4.78, 5) is 37.8. The first kappa shape index (κ1) is 84.1. The van der Waals surface area contributed by atoms with Crippen LogP contribution < -0.4 is 38.0 Å². The number of benzene rings is 8. The molecule has 1 fully saturated rings. The summed E-state index contributed by atoms with van der Waals surface area (Å²) >= 11 is 35.2. The number of carboxylic acid groups (broad SMARTS) is 1. The number of nitriles is 1. The number of halogens is 7. The fourth-order valence-corrected chi connectivity index (χ4v) is 21.2. The summed E-state index contributed by atoms with van der Waals surface area (Å²) in [5, 5.41) is 53.0. The summed E-state index contributed by atoms with van der Waals surface area (Å²) in [5.74, 6) is -0.511. The Morgan fingerprint density at radius 1 is 0.697 bits per heavy atom. The van der Waals surface area contributed by atoms with Crippen LogP contribution >= 0.6 is 69.6 Å². The Balaban J connectivity index is 0.000000271. The fraction of sp³-hybridized carbons (Fsp3) is 0.192. The Bertz CT molecular complexity index is 4430. The zero-order chi connectivity index (χ0) is 71.3. The summed E-state index contributed by atoms with van der Waals surface area (Å²) in [6.07, 6.45) is 1.67. The van der Waals surface area contributed by atoms with Gasteiger partial charge in [0.1, 0.15) is 34.4 Å². The number of anilines is 3. The molecule has 16 nitrogen and oxygen atoms in total. The van der Waals surface area contributed by atoms with Gasteiger partial charge in [-0.2, -0.15) is 45.8 Å². The minimum absolute atomic E-state index is 0. The molecule has 8 N–H and O–H groups in total. The van der Waals surface area contributed by atoms with Gasteiger partial charge in [0, 0.05) is 53.2 Å². The van der Waals surface area contributed by atoms with Crippen LogP contribution in [0.25, 0.3) is 16.2 Å². The number of aliphatic hydroxyl groups excluding tert-OH is 2. The summed E-state index contributed by atoms with van der Waals surface area (Å²) in [5.41, 5.74) is 20.0. The van der Waals surface area contributed by atoms with E-state index in [9.17, 15) is 24.6 Å². The van der Waals surface area contributed by atoms with Gasteiger partial charge in [0.05, 0.1) is 46.0 Å². The number of aliphatic hydroxyl groups is 2. The minimum atomic E-state index is -1.29. The Morgan fingerprint density at radius 3 is 1.67 bits per heavy atom. The number of hydrogen-bond acceptors (Lipinski definition) is 11. The molecule has 510 valence electrons. The van der Waals surface area contributed by atoms with Crippen molar-refractivity contribution in [2.45, 2.75) is 78.2 Å². The van der Waals surface area contributed by atoms with Crippen molar-refractivity contribution < 1.29 is 46.7 Å². The molecule has 1 amide bonds. The number of aromatic nitrogens is 4. The molecule has 2 atom stereocenters. The second kappa shape index (κ2) is 39.6. The maximum atomic E-state index is 13.1. The molecule has 0 radical (unpaired) electrons. The van der Waals surface area contributed by atoms with E-state index in [2.05, 4.69) is 88.1 Å². The monoisotopic (exact) mass is 1550 g/mol. The molecule has 99 heavy (non-hydrogen) atoms. The summed E-state index contributed by atoms with van der Waals surface area (Å²) in [7, 11) is -2.58. The number of aryl methyl sites for hydroxylation is 2. The molecule has 11 rings (SSSR count). The smallest absolute Gasteiger partial charge is 1.00 e. The van der Waals surface area contributed by atoms with E-state index in [0.717, 1.165) is 12.5 Å². The maximum absolute atomic E-state index is 13.1. The minimum Gasteiger partial charge on any atom is -1.00 e. The number of hydrogen-bond donors (Lipinski definition) is 6. The van der Waals surface area contributed by atoms with Crippen LogP contribution in [-0.4, -0.2) is 99.1 Å². The molecule has 1 saturated carbocycles. The molecule has 2 unspecified atom stereocenters. The molecule has 8 aromatic carbocycles. The van der Waals surface area contributed by atoms with E-state index >= 15 is 0 Å². The van der Waals surface area contributed by atoms with E-state index in [0.29, 0.717) is 115 Å². The normalized spacial score (nSPS) is 11.7. The van der Waals surface area contributed by atoms with Gasteiger partial charge < -0.3 is 53.3 Å². The van der Waals surface area contributed by atoms with Crippen molar-refractivity contribution in [2.24, 2.45) is 11.7 Å². The Labute approximate surface area is 636 Å². The third-order valence-electron chi connectivity index (χ3n) is 14.1. The van der Waals surface area contributed by atoms with Crippen LogP contribution in [0, 0.1) is 43.7 Å². The molecule has 1 aliphatic rings. The number of nitrogen functional groups attached to an aromatic ring is 1. The number of amides is 1. The number of aromatic carboxylic acids is 1. The van der Waals surface area contributed by atoms with Crippen molar-refractivity contribution in [2.75, 3.05) is 21.8 Å². The van der Waals surface area contributed by atoms with Gasteiger partial charge in [-0.1, -0.05) is 169 Å². The maximum Gasteiger partial charge on any atom is 2.00 e. The number of rotatable bonds is 14. The number of carboxylic acids is 1. The van der Waals surface area contributed by atoms with Gasteiger partial charge in [-0.3, -0.25) is 9.59 Å². The van der Waals surface area contributed by atoms with Crippen LogP contribution in [0.1, 0.15) is 95.6 Å². The zero-order valence-electron chi connectivity index (χ0n) is 55.5. The van der Waals surface area contributed by atoms with Crippen LogP contribution in [0.5, 0.6) is 0 Å². The van der Waals surface area contributed by atoms with Gasteiger partial charge in [0.2, 0.25) is 0 Å². The number of carbonyl (C=O) groups is 3. The molecular formula is C73H73BrCl6MgN10O6Si2. The van der Waals surface area contributed by atoms with Crippen molar-refractivity contribution in [3.63, 3.8) is 0 Å². The van der Waals surface area contributed by atoms with Crippen LogP contribution in [0.3, 0.4) is 0 Å². The van der Waals surface area contributed by atoms with Crippen molar-refractivity contribution >= 4 is 150 Å². The number of nitrogens with one attached hydrogen (secondary N) is 1. The van der Waals surface area contributed by atoms with Crippen molar-refractivity contribution in [1.82, 2.24) is 19.6 Å². The summed E-state index contributed by atoms with van der Waals surface area (Å²) in [6.45, 7) is 26.1. The van der Waals surface area contributed by atoms with Crippen LogP contribution in [0.2, 0.25) is 69.4 Å². The predicted octanol–water partition coefficient (Wildman–Crippen LogP) is 15.5. The van der Waals surface area contributed by atoms with Gasteiger partial charge in [-0.25, -0.2) is 19.0 Å². The van der Waals surface area contributed by atoms with Gasteiger partial charge in [-0.15, -0.1) is 0 Å². The third-order valence-corrected chi connectivity index (χ3v) is 23.1. The quantitative estimate of drug-likeness (QED) is 0.0258. The molecular weight excluding hydrogens is 1490 g/mol. The Morgan fingerprint density at radius 2 is 1.20 bits per heavy atom. The topological polar surface area (TPSA) is 243 Å².